The molecular weight excluding hydrogens is 542 g/mol. The Hall–Kier alpha value is -5.83. The molecule has 10 nitrogen and oxygen atoms in total. The van der Waals surface area contributed by atoms with Crippen molar-refractivity contribution in [1.29, 1.82) is 0 Å². The van der Waals surface area contributed by atoms with Crippen LogP contribution < -0.4 is 21.1 Å². The van der Waals surface area contributed by atoms with E-state index in [1.54, 1.807) is 67.6 Å². The van der Waals surface area contributed by atoms with E-state index in [-0.39, 0.29) is 22.5 Å². The number of carbonyl (C=O) groups is 1. The fourth-order valence-electron chi connectivity index (χ4n) is 4.84. The van der Waals surface area contributed by atoms with Gasteiger partial charge in [0.2, 0.25) is 0 Å². The number of anilines is 1. The molecule has 1 atom stereocenters. The summed E-state index contributed by atoms with van der Waals surface area (Å²) in [5.41, 5.74) is 7.50. The number of H-pyrrole nitrogens is 1. The van der Waals surface area contributed by atoms with Crippen LogP contribution in [0.15, 0.2) is 78.1 Å². The van der Waals surface area contributed by atoms with Crippen LogP contribution in [0.4, 0.5) is 14.6 Å². The van der Waals surface area contributed by atoms with Crippen LogP contribution in [0.1, 0.15) is 40.1 Å². The minimum atomic E-state index is -1.12. The Morgan fingerprint density at radius 1 is 1.14 bits per heavy atom. The number of hydrogen-bond donors (Lipinski definition) is 3. The zero-order chi connectivity index (χ0) is 29.5. The number of pyridine rings is 1. The molecule has 0 spiro atoms. The lowest BCUT2D eigenvalue weighted by Crippen LogP contribution is -2.33. The Morgan fingerprint density at radius 3 is 2.74 bits per heavy atom. The summed E-state index contributed by atoms with van der Waals surface area (Å²) in [6.07, 6.45) is 6.54. The molecule has 42 heavy (non-hydrogen) atoms. The molecular formula is C30H23F2N8O2+. The van der Waals surface area contributed by atoms with Crippen molar-refractivity contribution in [2.75, 3.05) is 5.73 Å². The van der Waals surface area contributed by atoms with Gasteiger partial charge in [0.1, 0.15) is 12.4 Å². The number of nitrogen functional groups attached to an aromatic ring is 1. The van der Waals surface area contributed by atoms with Gasteiger partial charge in [0, 0.05) is 36.6 Å². The average molecular weight is 566 g/mol. The third kappa shape index (κ3) is 4.62. The highest BCUT2D eigenvalue weighted by Gasteiger charge is 2.27. The molecule has 2 aromatic carbocycles. The van der Waals surface area contributed by atoms with Crippen LogP contribution in [0.5, 0.6) is 0 Å². The summed E-state index contributed by atoms with van der Waals surface area (Å²) in [6, 6.07) is 11.0. The van der Waals surface area contributed by atoms with E-state index in [4.69, 9.17) is 5.73 Å². The van der Waals surface area contributed by atoms with Gasteiger partial charge in [-0.25, -0.2) is 13.9 Å². The number of carbonyl (C=O) groups excluding carboxylic acids is 1. The SMILES string of the molecule is CC(NC(=O)c1c(N)[nH][n+]2cccnc12)c1cc2cccc(C#Cc3cnn(C)c3)c2c(=O)n1-c1ccc(F)c(F)c1. The van der Waals surface area contributed by atoms with Gasteiger partial charge in [0.15, 0.2) is 23.0 Å². The smallest absolute Gasteiger partial charge is 0.362 e. The summed E-state index contributed by atoms with van der Waals surface area (Å²) in [7, 11) is 1.77. The van der Waals surface area contributed by atoms with E-state index in [0.29, 0.717) is 27.9 Å². The second-order valence-corrected chi connectivity index (χ2v) is 9.64. The third-order valence-corrected chi connectivity index (χ3v) is 6.78. The number of aryl methyl sites for hydroxylation is 1. The first-order valence-corrected chi connectivity index (χ1v) is 12.8. The molecule has 0 saturated heterocycles. The number of halogens is 2. The lowest BCUT2D eigenvalue weighted by molar-refractivity contribution is -0.577. The van der Waals surface area contributed by atoms with Gasteiger partial charge in [-0.05, 0) is 41.6 Å². The van der Waals surface area contributed by atoms with Gasteiger partial charge >= 0.3 is 5.65 Å². The number of hydrogen-bond acceptors (Lipinski definition) is 5. The highest BCUT2D eigenvalue weighted by Crippen LogP contribution is 2.25. The number of nitrogens with two attached hydrogens (primary N) is 1. The van der Waals surface area contributed by atoms with Crippen molar-refractivity contribution in [3.8, 4) is 17.5 Å². The standard InChI is InChI=1S/C30H22F2N8O2/c1-17(36-29(41)26-27(33)37-39-12-4-11-34-28(26)39)24-13-20-6-3-5-19(8-7-18-15-35-38(2)16-18)25(20)30(42)40(24)21-9-10-22(31)23(32)14-21/h3-6,9-17H,1-2H3,(H3,33,36,37,41)/p+1. The summed E-state index contributed by atoms with van der Waals surface area (Å²) in [4.78, 5) is 31.8. The Labute approximate surface area is 237 Å². The number of aromatic amines is 1. The van der Waals surface area contributed by atoms with E-state index in [0.717, 1.165) is 12.1 Å². The number of nitrogens with one attached hydrogen (secondary N) is 2. The molecule has 1 unspecified atom stereocenters. The lowest BCUT2D eigenvalue weighted by Gasteiger charge is -2.21. The Kier molecular flexibility index (Phi) is 6.47. The van der Waals surface area contributed by atoms with E-state index in [9.17, 15) is 18.4 Å². The van der Waals surface area contributed by atoms with Crippen molar-refractivity contribution in [2.45, 2.75) is 13.0 Å². The highest BCUT2D eigenvalue weighted by atomic mass is 19.2. The largest absolute Gasteiger partial charge is 0.382 e. The maximum Gasteiger partial charge on any atom is 0.362 e. The van der Waals surface area contributed by atoms with Crippen molar-refractivity contribution >= 4 is 28.1 Å². The maximum atomic E-state index is 14.4. The second-order valence-electron chi connectivity index (χ2n) is 9.64. The molecule has 0 saturated carbocycles. The molecule has 0 aliphatic carbocycles. The maximum absolute atomic E-state index is 14.4. The molecule has 4 heterocycles. The molecule has 208 valence electrons. The first-order valence-electron chi connectivity index (χ1n) is 12.8. The molecule has 4 N–H and O–H groups in total. The predicted molar refractivity (Wildman–Crippen MR) is 151 cm³/mol. The molecule has 0 aliphatic rings. The van der Waals surface area contributed by atoms with Crippen LogP contribution in [0.2, 0.25) is 0 Å². The van der Waals surface area contributed by atoms with Crippen molar-refractivity contribution in [2.24, 2.45) is 7.05 Å². The van der Waals surface area contributed by atoms with Gasteiger partial charge in [-0.2, -0.15) is 5.10 Å². The first kappa shape index (κ1) is 26.4. The molecule has 0 fully saturated rings. The third-order valence-electron chi connectivity index (χ3n) is 6.78. The van der Waals surface area contributed by atoms with E-state index < -0.39 is 29.1 Å². The number of benzene rings is 2. The Balaban J connectivity index is 1.50. The zero-order valence-electron chi connectivity index (χ0n) is 22.4. The van der Waals surface area contributed by atoms with Crippen molar-refractivity contribution < 1.29 is 18.1 Å². The molecule has 1 amide bonds. The van der Waals surface area contributed by atoms with Crippen LogP contribution >= 0.6 is 0 Å². The molecule has 6 rings (SSSR count). The summed E-state index contributed by atoms with van der Waals surface area (Å²) in [5, 5.41) is 10.7. The summed E-state index contributed by atoms with van der Waals surface area (Å²) < 4.78 is 32.7. The fraction of sp³-hybridized carbons (Fsp3) is 0.100. The summed E-state index contributed by atoms with van der Waals surface area (Å²) >= 11 is 0. The van der Waals surface area contributed by atoms with Crippen LogP contribution in [0.3, 0.4) is 0 Å². The lowest BCUT2D eigenvalue weighted by atomic mass is 10.0. The number of aromatic nitrogens is 6. The van der Waals surface area contributed by atoms with Crippen molar-refractivity contribution in [3.63, 3.8) is 0 Å². The van der Waals surface area contributed by atoms with Crippen LogP contribution in [0, 0.1) is 23.5 Å². The number of fused-ring (bicyclic) bond motifs is 2. The van der Waals surface area contributed by atoms with Gasteiger partial charge in [-0.15, -0.1) is 4.52 Å². The van der Waals surface area contributed by atoms with Crippen molar-refractivity contribution in [1.82, 2.24) is 29.7 Å². The van der Waals surface area contributed by atoms with Crippen LogP contribution in [-0.4, -0.2) is 30.3 Å². The molecule has 0 radical (unpaired) electrons. The van der Waals surface area contributed by atoms with Crippen LogP contribution in [0.25, 0.3) is 22.1 Å². The minimum absolute atomic E-state index is 0.0794. The molecule has 6 aromatic rings. The zero-order valence-corrected chi connectivity index (χ0v) is 22.4. The molecule has 12 heteroatoms. The predicted octanol–water partition coefficient (Wildman–Crippen LogP) is 2.94. The van der Waals surface area contributed by atoms with Gasteiger partial charge in [-0.1, -0.05) is 24.0 Å². The van der Waals surface area contributed by atoms with E-state index in [1.807, 2.05) is 0 Å². The van der Waals surface area contributed by atoms with Crippen molar-refractivity contribution in [3.05, 3.63) is 118 Å². The number of amides is 1. The van der Waals surface area contributed by atoms with E-state index in [1.165, 1.54) is 21.3 Å². The molecule has 0 aliphatic heterocycles. The quantitative estimate of drug-likeness (QED) is 0.224. The van der Waals surface area contributed by atoms with Gasteiger partial charge < -0.3 is 11.1 Å². The van der Waals surface area contributed by atoms with Gasteiger partial charge in [0.05, 0.1) is 28.9 Å². The average Bonchev–Trinajstić information content (AvgIpc) is 3.54. The summed E-state index contributed by atoms with van der Waals surface area (Å²) in [5.74, 6) is 3.42. The summed E-state index contributed by atoms with van der Waals surface area (Å²) in [6.45, 7) is 1.67. The first-order chi connectivity index (χ1) is 20.2. The van der Waals surface area contributed by atoms with Gasteiger partial charge in [0.25, 0.3) is 11.5 Å². The van der Waals surface area contributed by atoms with Crippen LogP contribution in [-0.2, 0) is 7.05 Å². The minimum Gasteiger partial charge on any atom is -0.382 e. The fourth-order valence-corrected chi connectivity index (χ4v) is 4.84. The highest BCUT2D eigenvalue weighted by molar-refractivity contribution is 6.03. The topological polar surface area (TPSA) is 128 Å². The van der Waals surface area contributed by atoms with E-state index in [2.05, 4.69) is 32.3 Å². The Morgan fingerprint density at radius 2 is 1.98 bits per heavy atom. The normalized spacial score (nSPS) is 11.8. The second kappa shape index (κ2) is 10.3. The molecule has 0 bridgehead atoms. The van der Waals surface area contributed by atoms with Gasteiger partial charge in [-0.3, -0.25) is 18.8 Å². The monoisotopic (exact) mass is 565 g/mol. The number of rotatable bonds is 4. The Bertz CT molecular complexity index is 2150. The molecule has 4 aromatic heterocycles. The number of nitrogens with zero attached hydrogens (tertiary/aromatic N) is 5. The van der Waals surface area contributed by atoms with E-state index >= 15 is 0 Å².